The summed E-state index contributed by atoms with van der Waals surface area (Å²) in [6, 6.07) is 3.87. The lowest BCUT2D eigenvalue weighted by atomic mass is 9.95. The number of halogens is 6. The Kier molecular flexibility index (Phi) is 7.89. The van der Waals surface area contributed by atoms with Crippen molar-refractivity contribution in [3.05, 3.63) is 51.9 Å². The van der Waals surface area contributed by atoms with E-state index >= 15 is 4.39 Å². The third-order valence-electron chi connectivity index (χ3n) is 9.58. The molecule has 48 heavy (non-hydrogen) atoms. The highest BCUT2D eigenvalue weighted by atomic mass is 35.5. The van der Waals surface area contributed by atoms with Crippen LogP contribution in [0.2, 0.25) is 5.02 Å². The van der Waals surface area contributed by atoms with E-state index in [0.29, 0.717) is 12.0 Å². The number of rotatable bonds is 6. The number of nitrogens with two attached hydrogens (primary N) is 2. The van der Waals surface area contributed by atoms with Crippen molar-refractivity contribution in [1.82, 2.24) is 24.8 Å². The fourth-order valence-electron chi connectivity index (χ4n) is 7.38. The Morgan fingerprint density at radius 1 is 1.21 bits per heavy atom. The van der Waals surface area contributed by atoms with Crippen LogP contribution >= 0.6 is 11.6 Å². The number of pyridine rings is 2. The molecule has 6 heterocycles. The first-order chi connectivity index (χ1) is 22.8. The first kappa shape index (κ1) is 32.3. The average molecular weight is 691 g/mol. The van der Waals surface area contributed by atoms with Gasteiger partial charge in [0.25, 0.3) is 0 Å². The van der Waals surface area contributed by atoms with Crippen LogP contribution in [-0.2, 0) is 6.18 Å². The number of hydrogen-bond acceptors (Lipinski definition) is 10. The Morgan fingerprint density at radius 3 is 2.75 bits per heavy atom. The van der Waals surface area contributed by atoms with Crippen molar-refractivity contribution in [2.75, 3.05) is 49.2 Å². The smallest absolute Gasteiger partial charge is 0.417 e. The molecule has 0 saturated carbocycles. The molecule has 2 saturated heterocycles. The Morgan fingerprint density at radius 2 is 2.00 bits per heavy atom. The van der Waals surface area contributed by atoms with Gasteiger partial charge in [0.2, 0.25) is 5.88 Å². The van der Waals surface area contributed by atoms with E-state index in [1.54, 1.807) is 23.2 Å². The van der Waals surface area contributed by atoms with Gasteiger partial charge in [0.05, 0.1) is 34.4 Å². The Bertz CT molecular complexity index is 1930. The van der Waals surface area contributed by atoms with Crippen LogP contribution in [0.15, 0.2) is 24.4 Å². The maximum atomic E-state index is 16.9. The Labute approximate surface area is 277 Å². The topological polar surface area (TPSA) is 129 Å². The zero-order chi connectivity index (χ0) is 34.1. The molecule has 3 atom stereocenters. The van der Waals surface area contributed by atoms with Gasteiger partial charge in [-0.1, -0.05) is 17.7 Å². The number of fused-ring (bicyclic) bond motifs is 1. The van der Waals surface area contributed by atoms with Crippen molar-refractivity contribution in [3.63, 3.8) is 0 Å². The van der Waals surface area contributed by atoms with Crippen molar-refractivity contribution in [3.8, 4) is 23.1 Å². The minimum Gasteiger partial charge on any atom is -0.475 e. The highest BCUT2D eigenvalue weighted by Gasteiger charge is 2.49. The predicted molar refractivity (Wildman–Crippen MR) is 170 cm³/mol. The van der Waals surface area contributed by atoms with Gasteiger partial charge in [-0.3, -0.25) is 4.90 Å². The minimum atomic E-state index is -4.93. The Balaban J connectivity index is 1.45. The van der Waals surface area contributed by atoms with E-state index in [2.05, 4.69) is 15.0 Å². The molecule has 10 nitrogen and oxygen atoms in total. The van der Waals surface area contributed by atoms with E-state index in [1.165, 1.54) is 6.92 Å². The molecule has 16 heteroatoms. The van der Waals surface area contributed by atoms with E-state index in [0.717, 1.165) is 19.0 Å². The first-order valence-electron chi connectivity index (χ1n) is 15.5. The average Bonchev–Trinajstić information content (AvgIpc) is 3.48. The summed E-state index contributed by atoms with van der Waals surface area (Å²) in [6.45, 7) is 4.29. The molecule has 0 unspecified atom stereocenters. The fourth-order valence-corrected chi connectivity index (χ4v) is 7.61. The van der Waals surface area contributed by atoms with Crippen molar-refractivity contribution in [2.24, 2.45) is 0 Å². The van der Waals surface area contributed by atoms with Crippen LogP contribution in [0.1, 0.15) is 48.9 Å². The van der Waals surface area contributed by atoms with E-state index in [4.69, 9.17) is 37.5 Å². The zero-order valence-corrected chi connectivity index (χ0v) is 26.8. The molecule has 3 aliphatic heterocycles. The molecule has 0 aliphatic carbocycles. The molecule has 0 spiro atoms. The molecule has 3 aliphatic rings. The molecular formula is C32H32ClF5N8O2. The lowest BCUT2D eigenvalue weighted by molar-refractivity contribution is -0.137. The third-order valence-corrected chi connectivity index (χ3v) is 9.99. The van der Waals surface area contributed by atoms with Gasteiger partial charge in [0.15, 0.2) is 5.82 Å². The summed E-state index contributed by atoms with van der Waals surface area (Å²) in [6.07, 6.45) is -2.56. The van der Waals surface area contributed by atoms with Crippen molar-refractivity contribution in [2.45, 2.75) is 57.0 Å². The molecule has 2 fully saturated rings. The van der Waals surface area contributed by atoms with Gasteiger partial charge in [-0.05, 0) is 50.9 Å². The molecule has 254 valence electrons. The molecule has 4 N–H and O–H groups in total. The lowest BCUT2D eigenvalue weighted by Gasteiger charge is -2.32. The number of ether oxygens (including phenoxy) is 2. The van der Waals surface area contributed by atoms with Gasteiger partial charge in [-0.25, -0.2) is 18.7 Å². The maximum Gasteiger partial charge on any atom is 0.417 e. The predicted octanol–water partition coefficient (Wildman–Crippen LogP) is 6.29. The molecule has 0 radical (unpaired) electrons. The second-order valence-electron chi connectivity index (χ2n) is 12.5. The van der Waals surface area contributed by atoms with Crippen molar-refractivity contribution >= 4 is 39.8 Å². The number of nitrogen functional groups attached to an aromatic ring is 2. The minimum absolute atomic E-state index is 0.00396. The normalized spacial score (nSPS) is 21.7. The van der Waals surface area contributed by atoms with Crippen LogP contribution in [0.25, 0.3) is 22.2 Å². The highest BCUT2D eigenvalue weighted by molar-refractivity contribution is 6.36. The molecule has 0 amide bonds. The molecule has 0 bridgehead atoms. The van der Waals surface area contributed by atoms with E-state index in [-0.39, 0.29) is 72.9 Å². The summed E-state index contributed by atoms with van der Waals surface area (Å²) >= 11 is 6.38. The third kappa shape index (κ3) is 5.27. The van der Waals surface area contributed by atoms with Crippen LogP contribution in [0.5, 0.6) is 11.9 Å². The zero-order valence-electron chi connectivity index (χ0n) is 26.0. The lowest BCUT2D eigenvalue weighted by Crippen LogP contribution is -2.43. The van der Waals surface area contributed by atoms with Crippen LogP contribution < -0.4 is 25.8 Å². The van der Waals surface area contributed by atoms with Gasteiger partial charge >= 0.3 is 12.2 Å². The number of alkyl halides is 4. The monoisotopic (exact) mass is 690 g/mol. The number of hydrogen-bond donors (Lipinski definition) is 2. The number of nitrogens with zero attached hydrogens (tertiary/aromatic N) is 6. The summed E-state index contributed by atoms with van der Waals surface area (Å²) in [5.41, 5.74) is 8.75. The Hall–Kier alpha value is -4.24. The van der Waals surface area contributed by atoms with Gasteiger partial charge in [0.1, 0.15) is 47.6 Å². The van der Waals surface area contributed by atoms with Gasteiger partial charge < -0.3 is 25.8 Å². The molecule has 7 rings (SSSR count). The fraction of sp³-hybridized carbons (Fsp3) is 0.438. The SMILES string of the molecule is Cc1cc(N)c(Cl)c(-c2nc3c4c(nc(OC[C@]56CCCN5C[C@H](F)C6)nc4c2F)N([C@H](C)c2cccnc2N)CCO3)c1C(F)(F)F. The van der Waals surface area contributed by atoms with Crippen LogP contribution in [0.3, 0.4) is 0 Å². The summed E-state index contributed by atoms with van der Waals surface area (Å²) in [5.74, 6) is -0.968. The van der Waals surface area contributed by atoms with Gasteiger partial charge in [-0.2, -0.15) is 23.1 Å². The summed E-state index contributed by atoms with van der Waals surface area (Å²) in [7, 11) is 0. The second-order valence-corrected chi connectivity index (χ2v) is 12.9. The molecule has 1 aromatic carbocycles. The van der Waals surface area contributed by atoms with E-state index in [1.807, 2.05) is 11.8 Å². The standard InChI is InChI=1S/C32H32ClF5N8O2/c1-15-11-19(39)23(33)20(22(15)32(36,37)38)25-24(35)26-21-28(44-30(43-26)48-14-31-6-4-8-45(31)13-17(34)12-31)46(9-10-47-29(21)42-25)16(2)18-5-3-7-41-27(18)40/h3,5,7,11,16-17H,4,6,8-10,12-14,39H2,1-2H3,(H2,40,41)/t16-,17-,31-/m1/s1. The molecule has 3 aromatic heterocycles. The van der Waals surface area contributed by atoms with E-state index < -0.39 is 57.1 Å². The van der Waals surface area contributed by atoms with Crippen LogP contribution in [-0.4, -0.2) is 69.4 Å². The van der Waals surface area contributed by atoms with Gasteiger partial charge in [0, 0.05) is 30.3 Å². The molecule has 4 aromatic rings. The van der Waals surface area contributed by atoms with Crippen LogP contribution in [0, 0.1) is 12.7 Å². The molecular weight excluding hydrogens is 659 g/mol. The number of anilines is 3. The van der Waals surface area contributed by atoms with E-state index in [9.17, 15) is 17.6 Å². The number of benzene rings is 1. The quantitative estimate of drug-likeness (QED) is 0.176. The number of aryl methyl sites for hydroxylation is 1. The highest BCUT2D eigenvalue weighted by Crippen LogP contribution is 2.49. The first-order valence-corrected chi connectivity index (χ1v) is 15.9. The van der Waals surface area contributed by atoms with Gasteiger partial charge in [-0.15, -0.1) is 0 Å². The number of aromatic nitrogens is 4. The second kappa shape index (κ2) is 11.7. The van der Waals surface area contributed by atoms with Crippen LogP contribution in [0.4, 0.5) is 39.3 Å². The van der Waals surface area contributed by atoms with Crippen molar-refractivity contribution in [1.29, 1.82) is 0 Å². The maximum absolute atomic E-state index is 16.9. The summed E-state index contributed by atoms with van der Waals surface area (Å²) in [4.78, 5) is 21.4. The van der Waals surface area contributed by atoms with Crippen molar-refractivity contribution < 1.29 is 31.4 Å². The summed E-state index contributed by atoms with van der Waals surface area (Å²) < 4.78 is 86.9. The summed E-state index contributed by atoms with van der Waals surface area (Å²) in [5, 5.41) is -0.499. The largest absolute Gasteiger partial charge is 0.475 e.